The molecule has 4 aromatic rings. The summed E-state index contributed by atoms with van der Waals surface area (Å²) in [5.41, 5.74) is 2.54. The van der Waals surface area contributed by atoms with Gasteiger partial charge in [-0.25, -0.2) is 0 Å². The van der Waals surface area contributed by atoms with Crippen molar-refractivity contribution in [3.8, 4) is 22.6 Å². The van der Waals surface area contributed by atoms with Crippen LogP contribution < -0.4 is 14.9 Å². The minimum Gasteiger partial charge on any atom is -0.497 e. The second-order valence-electron chi connectivity index (χ2n) is 6.25. The average molecular weight is 393 g/mol. The van der Waals surface area contributed by atoms with Gasteiger partial charge >= 0.3 is 0 Å². The zero-order valence-corrected chi connectivity index (χ0v) is 15.9. The van der Waals surface area contributed by atoms with Crippen LogP contribution in [0.3, 0.4) is 0 Å². The Labute approximate surface area is 166 Å². The van der Waals surface area contributed by atoms with Crippen molar-refractivity contribution in [2.75, 3.05) is 7.11 Å². The summed E-state index contributed by atoms with van der Waals surface area (Å²) in [6.45, 7) is 0.333. The lowest BCUT2D eigenvalue weighted by atomic mass is 10.1. The van der Waals surface area contributed by atoms with E-state index in [0.29, 0.717) is 33.9 Å². The van der Waals surface area contributed by atoms with Crippen molar-refractivity contribution >= 4 is 22.6 Å². The molecule has 5 heteroatoms. The molecule has 28 heavy (non-hydrogen) atoms. The molecular weight excluding hydrogens is 376 g/mol. The topological polar surface area (TPSA) is 48.7 Å². The first-order valence-corrected chi connectivity index (χ1v) is 9.10. The summed E-state index contributed by atoms with van der Waals surface area (Å²) in [5.74, 6) is 1.34. The summed E-state index contributed by atoms with van der Waals surface area (Å²) in [6.07, 6.45) is 1.48. The summed E-state index contributed by atoms with van der Waals surface area (Å²) in [6, 6.07) is 20.0. The van der Waals surface area contributed by atoms with Gasteiger partial charge in [-0.1, -0.05) is 41.9 Å². The third-order valence-electron chi connectivity index (χ3n) is 4.50. The molecule has 0 atom stereocenters. The number of hydrogen-bond acceptors (Lipinski definition) is 4. The number of rotatable bonds is 5. The first-order chi connectivity index (χ1) is 13.7. The molecule has 1 aromatic heterocycles. The van der Waals surface area contributed by atoms with Crippen molar-refractivity contribution in [1.82, 2.24) is 0 Å². The van der Waals surface area contributed by atoms with Gasteiger partial charge in [-0.15, -0.1) is 0 Å². The molecule has 0 aliphatic rings. The van der Waals surface area contributed by atoms with Gasteiger partial charge in [0.05, 0.1) is 18.1 Å². The number of fused-ring (bicyclic) bond motifs is 1. The maximum absolute atomic E-state index is 12.9. The molecule has 0 radical (unpaired) electrons. The van der Waals surface area contributed by atoms with Gasteiger partial charge in [0.1, 0.15) is 30.0 Å². The second kappa shape index (κ2) is 7.79. The quantitative estimate of drug-likeness (QED) is 0.437. The van der Waals surface area contributed by atoms with Crippen LogP contribution in [0.25, 0.3) is 22.1 Å². The number of ether oxygens (including phenoxy) is 2. The van der Waals surface area contributed by atoms with Crippen LogP contribution in [-0.4, -0.2) is 7.11 Å². The van der Waals surface area contributed by atoms with Crippen LogP contribution >= 0.6 is 11.6 Å². The molecule has 140 valence electrons. The molecule has 0 N–H and O–H groups in total. The van der Waals surface area contributed by atoms with Gasteiger partial charge < -0.3 is 13.9 Å². The molecule has 0 spiro atoms. The largest absolute Gasteiger partial charge is 0.497 e. The molecule has 0 aliphatic carbocycles. The van der Waals surface area contributed by atoms with Crippen molar-refractivity contribution < 1.29 is 13.9 Å². The monoisotopic (exact) mass is 392 g/mol. The van der Waals surface area contributed by atoms with E-state index in [4.69, 9.17) is 25.5 Å². The molecule has 0 bridgehead atoms. The minimum atomic E-state index is -0.0935. The molecule has 0 saturated heterocycles. The van der Waals surface area contributed by atoms with Gasteiger partial charge in [0, 0.05) is 16.7 Å². The van der Waals surface area contributed by atoms with Gasteiger partial charge in [-0.2, -0.15) is 0 Å². The molecule has 0 unspecified atom stereocenters. The average Bonchev–Trinajstić information content (AvgIpc) is 2.73. The van der Waals surface area contributed by atoms with E-state index in [2.05, 4.69) is 0 Å². The first-order valence-electron chi connectivity index (χ1n) is 8.72. The fourth-order valence-electron chi connectivity index (χ4n) is 2.94. The fraction of sp³-hybridized carbons (Fsp3) is 0.0870. The molecule has 3 aromatic carbocycles. The lowest BCUT2D eigenvalue weighted by Gasteiger charge is -2.09. The van der Waals surface area contributed by atoms with E-state index in [0.717, 1.165) is 16.9 Å². The smallest absolute Gasteiger partial charge is 0.200 e. The Morgan fingerprint density at radius 2 is 1.71 bits per heavy atom. The summed E-state index contributed by atoms with van der Waals surface area (Å²) in [4.78, 5) is 12.9. The highest BCUT2D eigenvalue weighted by atomic mass is 35.5. The van der Waals surface area contributed by atoms with Crippen LogP contribution in [0.4, 0.5) is 0 Å². The van der Waals surface area contributed by atoms with Crippen LogP contribution in [0.1, 0.15) is 5.56 Å². The lowest BCUT2D eigenvalue weighted by Crippen LogP contribution is -2.05. The van der Waals surface area contributed by atoms with Gasteiger partial charge in [0.2, 0.25) is 0 Å². The summed E-state index contributed by atoms with van der Waals surface area (Å²) in [5, 5.41) is 1.15. The van der Waals surface area contributed by atoms with E-state index in [-0.39, 0.29) is 5.43 Å². The number of methoxy groups -OCH3 is 1. The van der Waals surface area contributed by atoms with Gasteiger partial charge in [0.15, 0.2) is 5.43 Å². The minimum absolute atomic E-state index is 0.0935. The maximum Gasteiger partial charge on any atom is 0.200 e. The van der Waals surface area contributed by atoms with Crippen LogP contribution in [-0.2, 0) is 6.61 Å². The molecular formula is C23H17ClO4. The molecule has 4 nitrogen and oxygen atoms in total. The molecule has 0 amide bonds. The molecule has 1 heterocycles. The Balaban J connectivity index is 1.62. The van der Waals surface area contributed by atoms with Crippen molar-refractivity contribution in [1.29, 1.82) is 0 Å². The van der Waals surface area contributed by atoms with E-state index in [1.165, 1.54) is 6.26 Å². The van der Waals surface area contributed by atoms with Crippen LogP contribution in [0.15, 0.2) is 82.2 Å². The van der Waals surface area contributed by atoms with Crippen molar-refractivity contribution in [3.05, 3.63) is 93.8 Å². The van der Waals surface area contributed by atoms with E-state index in [9.17, 15) is 4.79 Å². The highest BCUT2D eigenvalue weighted by Crippen LogP contribution is 2.25. The lowest BCUT2D eigenvalue weighted by molar-refractivity contribution is 0.306. The van der Waals surface area contributed by atoms with E-state index in [1.807, 2.05) is 48.5 Å². The van der Waals surface area contributed by atoms with Crippen molar-refractivity contribution in [3.63, 3.8) is 0 Å². The zero-order chi connectivity index (χ0) is 19.5. The Bertz CT molecular complexity index is 1180. The SMILES string of the molecule is COc1ccc(-c2coc3cc(OCc4ccccc4Cl)ccc3c2=O)cc1. The van der Waals surface area contributed by atoms with E-state index in [1.54, 1.807) is 25.3 Å². The van der Waals surface area contributed by atoms with E-state index >= 15 is 0 Å². The number of hydrogen-bond donors (Lipinski definition) is 0. The Hall–Kier alpha value is -3.24. The third-order valence-corrected chi connectivity index (χ3v) is 4.87. The molecule has 0 aliphatic heterocycles. The Morgan fingerprint density at radius 3 is 2.46 bits per heavy atom. The highest BCUT2D eigenvalue weighted by molar-refractivity contribution is 6.31. The summed E-state index contributed by atoms with van der Waals surface area (Å²) < 4.78 is 16.7. The molecule has 0 saturated carbocycles. The van der Waals surface area contributed by atoms with Gasteiger partial charge in [-0.05, 0) is 35.9 Å². The summed E-state index contributed by atoms with van der Waals surface area (Å²) >= 11 is 6.15. The van der Waals surface area contributed by atoms with E-state index < -0.39 is 0 Å². The van der Waals surface area contributed by atoms with Gasteiger partial charge in [-0.3, -0.25) is 4.79 Å². The summed E-state index contributed by atoms with van der Waals surface area (Å²) in [7, 11) is 1.60. The van der Waals surface area contributed by atoms with Crippen molar-refractivity contribution in [2.24, 2.45) is 0 Å². The van der Waals surface area contributed by atoms with Crippen LogP contribution in [0.2, 0.25) is 5.02 Å². The second-order valence-corrected chi connectivity index (χ2v) is 6.65. The normalized spacial score (nSPS) is 10.8. The predicted molar refractivity (Wildman–Crippen MR) is 110 cm³/mol. The predicted octanol–water partition coefficient (Wildman–Crippen LogP) is 5.70. The number of benzene rings is 3. The standard InChI is InChI=1S/C23H17ClO4/c1-26-17-8-6-15(7-9-17)20-14-28-22-12-18(10-11-19(22)23(20)25)27-13-16-4-2-3-5-21(16)24/h2-12,14H,13H2,1H3. The van der Waals surface area contributed by atoms with Crippen LogP contribution in [0, 0.1) is 0 Å². The zero-order valence-electron chi connectivity index (χ0n) is 15.1. The fourth-order valence-corrected chi connectivity index (χ4v) is 3.14. The Kier molecular flexibility index (Phi) is 5.04. The van der Waals surface area contributed by atoms with Crippen molar-refractivity contribution in [2.45, 2.75) is 6.61 Å². The third kappa shape index (κ3) is 3.59. The Morgan fingerprint density at radius 1 is 0.964 bits per heavy atom. The highest BCUT2D eigenvalue weighted by Gasteiger charge is 2.11. The van der Waals surface area contributed by atoms with Gasteiger partial charge in [0.25, 0.3) is 0 Å². The molecule has 0 fully saturated rings. The molecule has 4 rings (SSSR count). The maximum atomic E-state index is 12.9. The number of halogens is 1. The first kappa shape index (κ1) is 18.1. The van der Waals surface area contributed by atoms with Crippen LogP contribution in [0.5, 0.6) is 11.5 Å².